The van der Waals surface area contributed by atoms with Crippen molar-refractivity contribution >= 4 is 11.6 Å². The Hall–Kier alpha value is -2.14. The van der Waals surface area contributed by atoms with Crippen LogP contribution in [0.25, 0.3) is 0 Å². The number of aromatic nitrogens is 2. The normalized spacial score (nSPS) is 12.1. The Labute approximate surface area is 112 Å². The highest BCUT2D eigenvalue weighted by atomic mass is 16.2. The summed E-state index contributed by atoms with van der Waals surface area (Å²) in [5.74, 6) is -0.151. The summed E-state index contributed by atoms with van der Waals surface area (Å²) in [7, 11) is 0. The summed E-state index contributed by atoms with van der Waals surface area (Å²) in [6.45, 7) is 2.60. The molecule has 100 valence electrons. The summed E-state index contributed by atoms with van der Waals surface area (Å²) in [5.41, 5.74) is 7.55. The SMILES string of the molecule is CC[C@@H](N)C(=O)Nc1ccc(Cn2cccn2)cc1. The van der Waals surface area contributed by atoms with E-state index in [2.05, 4.69) is 10.4 Å². The summed E-state index contributed by atoms with van der Waals surface area (Å²) in [6, 6.07) is 9.12. The minimum absolute atomic E-state index is 0.151. The average molecular weight is 258 g/mol. The number of anilines is 1. The highest BCUT2D eigenvalue weighted by Crippen LogP contribution is 2.11. The van der Waals surface area contributed by atoms with E-state index in [0.717, 1.165) is 17.8 Å². The van der Waals surface area contributed by atoms with E-state index in [-0.39, 0.29) is 5.91 Å². The van der Waals surface area contributed by atoms with Gasteiger partial charge in [0.2, 0.25) is 5.91 Å². The molecule has 2 aromatic rings. The lowest BCUT2D eigenvalue weighted by molar-refractivity contribution is -0.117. The van der Waals surface area contributed by atoms with Crippen molar-refractivity contribution in [1.29, 1.82) is 0 Å². The molecule has 0 saturated heterocycles. The van der Waals surface area contributed by atoms with Crippen molar-refractivity contribution in [2.75, 3.05) is 5.32 Å². The number of carbonyl (C=O) groups excluding carboxylic acids is 1. The minimum Gasteiger partial charge on any atom is -0.325 e. The molecule has 0 bridgehead atoms. The first-order valence-corrected chi connectivity index (χ1v) is 6.32. The number of nitrogens with two attached hydrogens (primary N) is 1. The molecule has 5 nitrogen and oxygen atoms in total. The summed E-state index contributed by atoms with van der Waals surface area (Å²) in [6.07, 6.45) is 4.29. The second-order valence-corrected chi connectivity index (χ2v) is 4.40. The highest BCUT2D eigenvalue weighted by Gasteiger charge is 2.10. The van der Waals surface area contributed by atoms with E-state index in [4.69, 9.17) is 5.73 Å². The van der Waals surface area contributed by atoms with Crippen molar-refractivity contribution in [3.8, 4) is 0 Å². The fraction of sp³-hybridized carbons (Fsp3) is 0.286. The van der Waals surface area contributed by atoms with Gasteiger partial charge in [0, 0.05) is 18.1 Å². The molecule has 19 heavy (non-hydrogen) atoms. The van der Waals surface area contributed by atoms with Gasteiger partial charge in [-0.25, -0.2) is 0 Å². The van der Waals surface area contributed by atoms with Gasteiger partial charge in [0.05, 0.1) is 12.6 Å². The van der Waals surface area contributed by atoms with Crippen molar-refractivity contribution in [1.82, 2.24) is 9.78 Å². The lowest BCUT2D eigenvalue weighted by atomic mass is 10.2. The van der Waals surface area contributed by atoms with Gasteiger partial charge in [-0.3, -0.25) is 9.48 Å². The lowest BCUT2D eigenvalue weighted by Gasteiger charge is -2.10. The van der Waals surface area contributed by atoms with Gasteiger partial charge in [0.25, 0.3) is 0 Å². The van der Waals surface area contributed by atoms with E-state index in [1.165, 1.54) is 0 Å². The van der Waals surface area contributed by atoms with Gasteiger partial charge >= 0.3 is 0 Å². The molecule has 0 saturated carbocycles. The van der Waals surface area contributed by atoms with E-state index in [9.17, 15) is 4.79 Å². The Morgan fingerprint density at radius 1 is 1.42 bits per heavy atom. The molecule has 1 aromatic carbocycles. The number of rotatable bonds is 5. The first kappa shape index (κ1) is 13.3. The molecule has 0 aliphatic carbocycles. The zero-order chi connectivity index (χ0) is 13.7. The van der Waals surface area contributed by atoms with Crippen LogP contribution in [0.4, 0.5) is 5.69 Å². The zero-order valence-corrected chi connectivity index (χ0v) is 10.9. The van der Waals surface area contributed by atoms with Gasteiger partial charge in [-0.2, -0.15) is 5.10 Å². The first-order valence-electron chi connectivity index (χ1n) is 6.32. The Morgan fingerprint density at radius 3 is 2.74 bits per heavy atom. The predicted octanol–water partition coefficient (Wildman–Crippen LogP) is 1.61. The highest BCUT2D eigenvalue weighted by molar-refractivity contribution is 5.94. The Balaban J connectivity index is 1.96. The smallest absolute Gasteiger partial charge is 0.241 e. The molecule has 1 aromatic heterocycles. The number of hydrogen-bond donors (Lipinski definition) is 2. The number of hydrogen-bond acceptors (Lipinski definition) is 3. The van der Waals surface area contributed by atoms with Gasteiger partial charge in [-0.15, -0.1) is 0 Å². The standard InChI is InChI=1S/C14H18N4O/c1-2-13(15)14(19)17-12-6-4-11(5-7-12)10-18-9-3-8-16-18/h3-9,13H,2,10,15H2,1H3,(H,17,19)/t13-/m1/s1. The number of nitrogens with zero attached hydrogens (tertiary/aromatic N) is 2. The van der Waals surface area contributed by atoms with Crippen molar-refractivity contribution < 1.29 is 4.79 Å². The minimum atomic E-state index is -0.455. The van der Waals surface area contributed by atoms with Crippen LogP contribution in [0, 0.1) is 0 Å². The topological polar surface area (TPSA) is 72.9 Å². The molecule has 0 fully saturated rings. The van der Waals surface area contributed by atoms with Crippen molar-refractivity contribution in [3.63, 3.8) is 0 Å². The van der Waals surface area contributed by atoms with Gasteiger partial charge in [0.15, 0.2) is 0 Å². The molecular weight excluding hydrogens is 240 g/mol. The summed E-state index contributed by atoms with van der Waals surface area (Å²) >= 11 is 0. The maximum atomic E-state index is 11.6. The van der Waals surface area contributed by atoms with Crippen LogP contribution in [0.2, 0.25) is 0 Å². The van der Waals surface area contributed by atoms with Gasteiger partial charge in [0.1, 0.15) is 0 Å². The second kappa shape index (κ2) is 6.15. The third-order valence-electron chi connectivity index (χ3n) is 2.90. The van der Waals surface area contributed by atoms with Crippen LogP contribution < -0.4 is 11.1 Å². The molecule has 1 atom stereocenters. The lowest BCUT2D eigenvalue weighted by Crippen LogP contribution is -2.34. The van der Waals surface area contributed by atoms with Crippen LogP contribution in [-0.2, 0) is 11.3 Å². The molecule has 0 unspecified atom stereocenters. The summed E-state index contributed by atoms with van der Waals surface area (Å²) < 4.78 is 1.85. The molecule has 1 heterocycles. The van der Waals surface area contributed by atoms with Crippen LogP contribution in [0.3, 0.4) is 0 Å². The summed E-state index contributed by atoms with van der Waals surface area (Å²) in [4.78, 5) is 11.6. The van der Waals surface area contributed by atoms with E-state index >= 15 is 0 Å². The zero-order valence-electron chi connectivity index (χ0n) is 10.9. The molecule has 0 spiro atoms. The van der Waals surface area contributed by atoms with Crippen LogP contribution in [0.5, 0.6) is 0 Å². The second-order valence-electron chi connectivity index (χ2n) is 4.40. The molecule has 0 aliphatic heterocycles. The number of nitrogens with one attached hydrogen (secondary N) is 1. The summed E-state index contributed by atoms with van der Waals surface area (Å²) in [5, 5.41) is 6.94. The van der Waals surface area contributed by atoms with E-state index in [0.29, 0.717) is 6.42 Å². The molecular formula is C14H18N4O. The van der Waals surface area contributed by atoms with Gasteiger partial charge in [-0.1, -0.05) is 19.1 Å². The third-order valence-corrected chi connectivity index (χ3v) is 2.90. The van der Waals surface area contributed by atoms with E-state index in [1.54, 1.807) is 6.20 Å². The predicted molar refractivity (Wildman–Crippen MR) is 74.7 cm³/mol. The quantitative estimate of drug-likeness (QED) is 0.855. The van der Waals surface area contributed by atoms with Crippen LogP contribution in [0.15, 0.2) is 42.7 Å². The first-order chi connectivity index (χ1) is 9.19. The molecule has 0 radical (unpaired) electrons. The Bertz CT molecular complexity index is 519. The molecule has 0 aliphatic rings. The maximum Gasteiger partial charge on any atom is 0.241 e. The third kappa shape index (κ3) is 3.66. The van der Waals surface area contributed by atoms with Gasteiger partial charge < -0.3 is 11.1 Å². The van der Waals surface area contributed by atoms with Crippen molar-refractivity contribution in [2.45, 2.75) is 25.9 Å². The Morgan fingerprint density at radius 2 is 2.16 bits per heavy atom. The monoisotopic (exact) mass is 258 g/mol. The number of amides is 1. The van der Waals surface area contributed by atoms with E-state index < -0.39 is 6.04 Å². The molecule has 1 amide bonds. The fourth-order valence-electron chi connectivity index (χ4n) is 1.69. The number of carbonyl (C=O) groups is 1. The van der Waals surface area contributed by atoms with Crippen molar-refractivity contribution in [3.05, 3.63) is 48.3 Å². The van der Waals surface area contributed by atoms with Crippen LogP contribution in [-0.4, -0.2) is 21.7 Å². The van der Waals surface area contributed by atoms with E-state index in [1.807, 2.05) is 48.1 Å². The average Bonchev–Trinajstić information content (AvgIpc) is 2.93. The maximum absolute atomic E-state index is 11.6. The van der Waals surface area contributed by atoms with Crippen LogP contribution in [0.1, 0.15) is 18.9 Å². The van der Waals surface area contributed by atoms with Crippen molar-refractivity contribution in [2.24, 2.45) is 5.73 Å². The fourth-order valence-corrected chi connectivity index (χ4v) is 1.69. The molecule has 5 heteroatoms. The van der Waals surface area contributed by atoms with Gasteiger partial charge in [-0.05, 0) is 30.2 Å². The van der Waals surface area contributed by atoms with Crippen LogP contribution >= 0.6 is 0 Å². The molecule has 3 N–H and O–H groups in total. The number of benzene rings is 1. The Kier molecular flexibility index (Phi) is 4.30. The largest absolute Gasteiger partial charge is 0.325 e. The molecule has 2 rings (SSSR count).